The third-order valence-corrected chi connectivity index (χ3v) is 5.75. The average Bonchev–Trinajstić information content (AvgIpc) is 3.25. The zero-order valence-electron chi connectivity index (χ0n) is 19.1. The second kappa shape index (κ2) is 10.1. The number of hydrogen-bond donors (Lipinski definition) is 4. The van der Waals surface area contributed by atoms with Gasteiger partial charge in [-0.1, -0.05) is 0 Å². The predicted molar refractivity (Wildman–Crippen MR) is 120 cm³/mol. The number of pyridine rings is 1. The first-order valence-electron chi connectivity index (χ1n) is 11.0. The second-order valence-electron chi connectivity index (χ2n) is 8.35. The molecule has 3 amide bonds. The summed E-state index contributed by atoms with van der Waals surface area (Å²) in [6, 6.07) is 1.23. The van der Waals surface area contributed by atoms with Gasteiger partial charge in [0.15, 0.2) is 5.82 Å². The molecule has 2 aromatic heterocycles. The van der Waals surface area contributed by atoms with Crippen molar-refractivity contribution in [1.82, 2.24) is 20.3 Å². The van der Waals surface area contributed by atoms with E-state index >= 15 is 0 Å². The number of carbonyl (C=O) groups excluding carboxylic acids is 2. The SMILES string of the molecule is C[C@@H](NC(=O)c1ccc2c(n1)N(C(=O)Nc1cc(OC[C@@H](O)CO)ncn1)C1CCN2C1)C(F)(F)F. The van der Waals surface area contributed by atoms with Gasteiger partial charge in [-0.05, 0) is 25.5 Å². The molecule has 0 aromatic carbocycles. The summed E-state index contributed by atoms with van der Waals surface area (Å²) >= 11 is 0. The zero-order valence-corrected chi connectivity index (χ0v) is 19.1. The normalized spacial score (nSPS) is 18.3. The minimum absolute atomic E-state index is 0.0507. The van der Waals surface area contributed by atoms with Gasteiger partial charge in [-0.15, -0.1) is 0 Å². The van der Waals surface area contributed by atoms with E-state index in [1.54, 1.807) is 6.07 Å². The first kappa shape index (κ1) is 25.4. The van der Waals surface area contributed by atoms with Crippen molar-refractivity contribution < 1.29 is 37.7 Å². The first-order chi connectivity index (χ1) is 17.1. The number of nitrogens with zero attached hydrogens (tertiary/aromatic N) is 5. The lowest BCUT2D eigenvalue weighted by atomic mass is 10.1. The maximum atomic E-state index is 13.3. The van der Waals surface area contributed by atoms with Gasteiger partial charge in [-0.2, -0.15) is 13.2 Å². The number of aliphatic hydroxyl groups is 2. The number of urea groups is 1. The molecular formula is C21H24F3N7O5. The highest BCUT2D eigenvalue weighted by atomic mass is 19.4. The third kappa shape index (κ3) is 5.41. The number of nitrogens with one attached hydrogen (secondary N) is 2. The fourth-order valence-corrected chi connectivity index (χ4v) is 3.84. The van der Waals surface area contributed by atoms with Gasteiger partial charge in [0.2, 0.25) is 5.88 Å². The molecule has 1 fully saturated rings. The van der Waals surface area contributed by atoms with Gasteiger partial charge < -0.3 is 25.2 Å². The highest BCUT2D eigenvalue weighted by Crippen LogP contribution is 2.39. The van der Waals surface area contributed by atoms with Crippen LogP contribution in [0.5, 0.6) is 5.88 Å². The van der Waals surface area contributed by atoms with Crippen molar-refractivity contribution in [2.45, 2.75) is 37.7 Å². The number of hydrogen-bond acceptors (Lipinski definition) is 9. The topological polar surface area (TPSA) is 153 Å². The van der Waals surface area contributed by atoms with E-state index in [2.05, 4.69) is 20.3 Å². The number of aromatic nitrogens is 3. The van der Waals surface area contributed by atoms with E-state index in [-0.39, 0.29) is 35.9 Å². The van der Waals surface area contributed by atoms with Crippen molar-refractivity contribution in [3.05, 3.63) is 30.2 Å². The summed E-state index contributed by atoms with van der Waals surface area (Å²) in [6.07, 6.45) is -3.96. The molecule has 15 heteroatoms. The third-order valence-electron chi connectivity index (χ3n) is 5.75. The number of halogens is 3. The molecule has 2 aliphatic heterocycles. The molecule has 0 aliphatic carbocycles. The molecule has 2 aromatic rings. The molecule has 1 saturated heterocycles. The molecule has 4 N–H and O–H groups in total. The Bertz CT molecular complexity index is 1140. The van der Waals surface area contributed by atoms with Crippen LogP contribution in [0.3, 0.4) is 0 Å². The molecule has 1 unspecified atom stereocenters. The van der Waals surface area contributed by atoms with Gasteiger partial charge in [-0.3, -0.25) is 15.0 Å². The lowest BCUT2D eigenvalue weighted by Gasteiger charge is -2.35. The highest BCUT2D eigenvalue weighted by Gasteiger charge is 2.41. The molecule has 194 valence electrons. The standard InChI is InChI=1S/C21H24F3N7O5/c1-11(21(22,23)24)27-19(34)14-2-3-15-18(28-14)31(12-4-5-30(15)7-12)20(35)29-16-6-17(26-10-25-16)36-9-13(33)8-32/h2-3,6,10-13,32-33H,4-5,7-9H2,1H3,(H,27,34)(H,25,26,29,35)/t11-,12?,13+/m1/s1. The van der Waals surface area contributed by atoms with E-state index in [4.69, 9.17) is 9.84 Å². The molecule has 0 saturated carbocycles. The van der Waals surface area contributed by atoms with Crippen molar-refractivity contribution in [1.29, 1.82) is 0 Å². The van der Waals surface area contributed by atoms with Gasteiger partial charge in [-0.25, -0.2) is 19.7 Å². The number of alkyl halides is 3. The van der Waals surface area contributed by atoms with E-state index in [1.165, 1.54) is 17.0 Å². The summed E-state index contributed by atoms with van der Waals surface area (Å²) in [4.78, 5) is 41.1. The first-order valence-corrected chi connectivity index (χ1v) is 11.0. The minimum Gasteiger partial charge on any atom is -0.475 e. The van der Waals surface area contributed by atoms with Crippen molar-refractivity contribution in [3.8, 4) is 5.88 Å². The second-order valence-corrected chi connectivity index (χ2v) is 8.35. The largest absolute Gasteiger partial charge is 0.475 e. The Balaban J connectivity index is 1.55. The molecule has 2 aliphatic rings. The van der Waals surface area contributed by atoms with Crippen LogP contribution < -0.4 is 25.2 Å². The van der Waals surface area contributed by atoms with E-state index in [0.717, 1.165) is 13.3 Å². The molecule has 4 rings (SSSR count). The summed E-state index contributed by atoms with van der Waals surface area (Å²) in [5.74, 6) is -0.739. The molecule has 2 bridgehead atoms. The summed E-state index contributed by atoms with van der Waals surface area (Å²) < 4.78 is 43.9. The number of carbonyl (C=O) groups is 2. The van der Waals surface area contributed by atoms with Gasteiger partial charge in [0, 0.05) is 19.2 Å². The zero-order chi connectivity index (χ0) is 26.0. The molecular weight excluding hydrogens is 487 g/mol. The molecule has 36 heavy (non-hydrogen) atoms. The number of ether oxygens (including phenoxy) is 1. The average molecular weight is 511 g/mol. The molecule has 0 spiro atoms. The Morgan fingerprint density at radius 1 is 1.31 bits per heavy atom. The minimum atomic E-state index is -4.61. The molecule has 0 radical (unpaired) electrons. The Hall–Kier alpha value is -3.72. The van der Waals surface area contributed by atoms with E-state index in [9.17, 15) is 27.9 Å². The van der Waals surface area contributed by atoms with Crippen LogP contribution in [0, 0.1) is 0 Å². The number of anilines is 3. The van der Waals surface area contributed by atoms with Crippen molar-refractivity contribution >= 4 is 29.3 Å². The lowest BCUT2D eigenvalue weighted by Crippen LogP contribution is -2.49. The smallest absolute Gasteiger partial charge is 0.408 e. The van der Waals surface area contributed by atoms with Gasteiger partial charge in [0.1, 0.15) is 36.6 Å². The Morgan fingerprint density at radius 2 is 2.08 bits per heavy atom. The van der Waals surface area contributed by atoms with Crippen LogP contribution >= 0.6 is 0 Å². The van der Waals surface area contributed by atoms with E-state index in [1.807, 2.05) is 10.2 Å². The van der Waals surface area contributed by atoms with Gasteiger partial charge in [0.05, 0.1) is 18.3 Å². The Labute approximate surface area is 203 Å². The van der Waals surface area contributed by atoms with Crippen molar-refractivity contribution in [2.24, 2.45) is 0 Å². The van der Waals surface area contributed by atoms with Crippen molar-refractivity contribution in [2.75, 3.05) is 41.4 Å². The summed E-state index contributed by atoms with van der Waals surface area (Å²) in [7, 11) is 0. The fourth-order valence-electron chi connectivity index (χ4n) is 3.84. The van der Waals surface area contributed by atoms with Crippen LogP contribution in [0.25, 0.3) is 0 Å². The van der Waals surface area contributed by atoms with E-state index in [0.29, 0.717) is 25.2 Å². The van der Waals surface area contributed by atoms with Crippen LogP contribution in [0.15, 0.2) is 24.5 Å². The van der Waals surface area contributed by atoms with Crippen LogP contribution in [-0.2, 0) is 0 Å². The monoisotopic (exact) mass is 511 g/mol. The van der Waals surface area contributed by atoms with Crippen LogP contribution in [0.2, 0.25) is 0 Å². The molecule has 4 heterocycles. The Kier molecular flexibility index (Phi) is 7.12. The predicted octanol–water partition coefficient (Wildman–Crippen LogP) is 0.915. The van der Waals surface area contributed by atoms with Gasteiger partial charge >= 0.3 is 12.2 Å². The van der Waals surface area contributed by atoms with E-state index < -0.39 is 36.9 Å². The van der Waals surface area contributed by atoms with Crippen LogP contribution in [0.1, 0.15) is 23.8 Å². The maximum Gasteiger partial charge on any atom is 0.408 e. The van der Waals surface area contributed by atoms with Crippen LogP contribution in [0.4, 0.5) is 35.3 Å². The number of rotatable bonds is 7. The van der Waals surface area contributed by atoms with Crippen LogP contribution in [-0.4, -0.2) is 87.8 Å². The Morgan fingerprint density at radius 3 is 2.81 bits per heavy atom. The van der Waals surface area contributed by atoms with Gasteiger partial charge in [0.25, 0.3) is 5.91 Å². The molecule has 12 nitrogen and oxygen atoms in total. The lowest BCUT2D eigenvalue weighted by molar-refractivity contribution is -0.149. The fraction of sp³-hybridized carbons (Fsp3) is 0.476. The number of aliphatic hydroxyl groups excluding tert-OH is 2. The summed E-state index contributed by atoms with van der Waals surface area (Å²) in [5.41, 5.74) is 0.314. The number of amides is 3. The highest BCUT2D eigenvalue weighted by molar-refractivity contribution is 6.05. The summed E-state index contributed by atoms with van der Waals surface area (Å²) in [6.45, 7) is 1.27. The number of fused-ring (bicyclic) bond motifs is 4. The quantitative estimate of drug-likeness (QED) is 0.425. The summed E-state index contributed by atoms with van der Waals surface area (Å²) in [5, 5.41) is 22.8. The van der Waals surface area contributed by atoms with Crippen molar-refractivity contribution in [3.63, 3.8) is 0 Å². The maximum absolute atomic E-state index is 13.3. The molecule has 3 atom stereocenters.